The summed E-state index contributed by atoms with van der Waals surface area (Å²) in [7, 11) is 0. The molecule has 0 spiro atoms. The van der Waals surface area contributed by atoms with E-state index in [0.29, 0.717) is 32.2 Å². The number of nitrogens with one attached hydrogen (secondary N) is 2. The van der Waals surface area contributed by atoms with Gasteiger partial charge in [-0.25, -0.2) is 5.84 Å². The molecule has 1 atom stereocenters. The van der Waals surface area contributed by atoms with Crippen molar-refractivity contribution in [1.29, 1.82) is 0 Å². The van der Waals surface area contributed by atoms with Crippen molar-refractivity contribution in [3.8, 4) is 5.75 Å². The third kappa shape index (κ3) is 4.94. The van der Waals surface area contributed by atoms with Crippen LogP contribution in [0.15, 0.2) is 24.3 Å². The lowest BCUT2D eigenvalue weighted by Gasteiger charge is -2.34. The zero-order valence-corrected chi connectivity index (χ0v) is 14.2. The van der Waals surface area contributed by atoms with Crippen molar-refractivity contribution in [2.45, 2.75) is 32.9 Å². The molecule has 0 radical (unpaired) electrons. The highest BCUT2D eigenvalue weighted by molar-refractivity contribution is 5.88. The fourth-order valence-electron chi connectivity index (χ4n) is 2.66. The first-order valence-corrected chi connectivity index (χ1v) is 8.23. The maximum absolute atomic E-state index is 12.1. The van der Waals surface area contributed by atoms with Crippen molar-refractivity contribution in [3.05, 3.63) is 29.8 Å². The number of amides is 2. The normalized spacial score (nSPS) is 18.3. The van der Waals surface area contributed by atoms with Crippen LogP contribution in [-0.4, -0.2) is 42.5 Å². The Balaban J connectivity index is 2.12. The maximum atomic E-state index is 12.1. The number of rotatable bonds is 7. The summed E-state index contributed by atoms with van der Waals surface area (Å²) in [6.45, 7) is 6.61. The highest BCUT2D eigenvalue weighted by Crippen LogP contribution is 2.23. The van der Waals surface area contributed by atoms with E-state index in [1.165, 1.54) is 0 Å². The van der Waals surface area contributed by atoms with Crippen LogP contribution < -0.4 is 21.3 Å². The van der Waals surface area contributed by atoms with Gasteiger partial charge in [-0.2, -0.15) is 0 Å². The van der Waals surface area contributed by atoms with Gasteiger partial charge in [-0.15, -0.1) is 0 Å². The van der Waals surface area contributed by atoms with Crippen molar-refractivity contribution >= 4 is 11.8 Å². The number of nitrogens with zero attached hydrogens (tertiary/aromatic N) is 1. The van der Waals surface area contributed by atoms with Gasteiger partial charge in [0.1, 0.15) is 5.75 Å². The Morgan fingerprint density at radius 1 is 1.46 bits per heavy atom. The predicted molar refractivity (Wildman–Crippen MR) is 90.9 cm³/mol. The fraction of sp³-hybridized carbons (Fsp3) is 0.529. The van der Waals surface area contributed by atoms with E-state index in [4.69, 9.17) is 10.6 Å². The lowest BCUT2D eigenvalue weighted by Crippen LogP contribution is -2.56. The van der Waals surface area contributed by atoms with E-state index in [0.717, 1.165) is 11.3 Å². The monoisotopic (exact) mass is 334 g/mol. The molecule has 2 rings (SSSR count). The third-order valence-corrected chi connectivity index (χ3v) is 3.90. The number of nitrogens with two attached hydrogens (primary N) is 1. The number of para-hydroxylation sites is 1. The zero-order chi connectivity index (χ0) is 17.5. The molecule has 0 aromatic heterocycles. The molecular weight excluding hydrogens is 308 g/mol. The molecule has 1 aromatic rings. The first-order chi connectivity index (χ1) is 11.5. The number of hydrogen-bond acceptors (Lipinski definition) is 5. The minimum Gasteiger partial charge on any atom is -0.493 e. The summed E-state index contributed by atoms with van der Waals surface area (Å²) in [5.41, 5.74) is 3.10. The van der Waals surface area contributed by atoms with Crippen molar-refractivity contribution < 1.29 is 14.3 Å². The molecule has 24 heavy (non-hydrogen) atoms. The number of carbonyl (C=O) groups excluding carboxylic acids is 2. The molecule has 1 aliphatic heterocycles. The van der Waals surface area contributed by atoms with E-state index in [-0.39, 0.29) is 18.2 Å². The Bertz CT molecular complexity index is 577. The molecule has 2 amide bonds. The van der Waals surface area contributed by atoms with Gasteiger partial charge in [0.25, 0.3) is 0 Å². The summed E-state index contributed by atoms with van der Waals surface area (Å²) in [5.74, 6) is 5.90. The molecule has 7 heteroatoms. The molecule has 1 heterocycles. The van der Waals surface area contributed by atoms with Gasteiger partial charge < -0.3 is 10.1 Å². The number of carbonyl (C=O) groups is 2. The number of ether oxygens (including phenoxy) is 1. The summed E-state index contributed by atoms with van der Waals surface area (Å²) in [6.07, 6.45) is 0.0390. The molecule has 1 aromatic carbocycles. The molecule has 0 saturated carbocycles. The van der Waals surface area contributed by atoms with Crippen molar-refractivity contribution in [2.24, 2.45) is 11.8 Å². The molecule has 0 bridgehead atoms. The molecule has 1 fully saturated rings. The van der Waals surface area contributed by atoms with Gasteiger partial charge >= 0.3 is 0 Å². The molecule has 1 unspecified atom stereocenters. The lowest BCUT2D eigenvalue weighted by molar-refractivity contribution is -0.134. The molecule has 7 nitrogen and oxygen atoms in total. The van der Waals surface area contributed by atoms with E-state index < -0.39 is 6.04 Å². The SMILES string of the molecule is CC(C)COc1ccccc1CN1CCNC(=O)C1CC(=O)NN. The minimum absolute atomic E-state index is 0.0390. The largest absolute Gasteiger partial charge is 0.493 e. The second-order valence-corrected chi connectivity index (χ2v) is 6.36. The van der Waals surface area contributed by atoms with Crippen LogP contribution in [0.5, 0.6) is 5.75 Å². The second kappa shape index (κ2) is 8.65. The third-order valence-electron chi connectivity index (χ3n) is 3.90. The molecule has 0 aliphatic carbocycles. The second-order valence-electron chi connectivity index (χ2n) is 6.36. The summed E-state index contributed by atoms with van der Waals surface area (Å²) >= 11 is 0. The summed E-state index contributed by atoms with van der Waals surface area (Å²) in [6, 6.07) is 7.27. The number of hydrazine groups is 1. The van der Waals surface area contributed by atoms with Crippen LogP contribution in [0.4, 0.5) is 0 Å². The summed E-state index contributed by atoms with van der Waals surface area (Å²) in [5, 5.41) is 2.80. The van der Waals surface area contributed by atoms with Crippen LogP contribution in [0, 0.1) is 5.92 Å². The van der Waals surface area contributed by atoms with Gasteiger partial charge in [0.15, 0.2) is 0 Å². The first-order valence-electron chi connectivity index (χ1n) is 8.23. The van der Waals surface area contributed by atoms with Gasteiger partial charge in [-0.3, -0.25) is 19.9 Å². The van der Waals surface area contributed by atoms with Gasteiger partial charge in [-0.05, 0) is 12.0 Å². The highest BCUT2D eigenvalue weighted by Gasteiger charge is 2.31. The number of benzene rings is 1. The standard InChI is InChI=1S/C17H26N4O3/c1-12(2)11-24-15-6-4-3-5-13(15)10-21-8-7-19-17(23)14(21)9-16(22)20-18/h3-6,12,14H,7-11,18H2,1-2H3,(H,19,23)(H,20,22). The van der Waals surface area contributed by atoms with Crippen molar-refractivity contribution in [2.75, 3.05) is 19.7 Å². The number of hydrogen-bond donors (Lipinski definition) is 3. The van der Waals surface area contributed by atoms with Crippen molar-refractivity contribution in [3.63, 3.8) is 0 Å². The van der Waals surface area contributed by atoms with Gasteiger partial charge in [0, 0.05) is 25.2 Å². The molecule has 4 N–H and O–H groups in total. The Labute approximate surface area is 142 Å². The summed E-state index contributed by atoms with van der Waals surface area (Å²) in [4.78, 5) is 25.7. The number of piperazine rings is 1. The Morgan fingerprint density at radius 2 is 2.21 bits per heavy atom. The quantitative estimate of drug-likeness (QED) is 0.381. The molecular formula is C17H26N4O3. The van der Waals surface area contributed by atoms with E-state index in [1.54, 1.807) is 0 Å². The van der Waals surface area contributed by atoms with E-state index >= 15 is 0 Å². The van der Waals surface area contributed by atoms with Gasteiger partial charge in [-0.1, -0.05) is 32.0 Å². The van der Waals surface area contributed by atoms with E-state index in [2.05, 4.69) is 24.6 Å². The van der Waals surface area contributed by atoms with Crippen LogP contribution >= 0.6 is 0 Å². The minimum atomic E-state index is -0.527. The average Bonchev–Trinajstić information content (AvgIpc) is 2.56. The summed E-state index contributed by atoms with van der Waals surface area (Å²) < 4.78 is 5.88. The van der Waals surface area contributed by atoms with Crippen LogP contribution in [-0.2, 0) is 16.1 Å². The first kappa shape index (κ1) is 18.2. The van der Waals surface area contributed by atoms with Crippen LogP contribution in [0.2, 0.25) is 0 Å². The van der Waals surface area contributed by atoms with Gasteiger partial charge in [0.05, 0.1) is 19.1 Å². The van der Waals surface area contributed by atoms with Gasteiger partial charge in [0.2, 0.25) is 11.8 Å². The maximum Gasteiger partial charge on any atom is 0.237 e. The van der Waals surface area contributed by atoms with Crippen LogP contribution in [0.1, 0.15) is 25.8 Å². The Hall–Kier alpha value is -2.12. The molecule has 1 saturated heterocycles. The zero-order valence-electron chi connectivity index (χ0n) is 14.2. The molecule has 1 aliphatic rings. The lowest BCUT2D eigenvalue weighted by atomic mass is 10.1. The Morgan fingerprint density at radius 3 is 2.92 bits per heavy atom. The van der Waals surface area contributed by atoms with E-state index in [1.807, 2.05) is 29.2 Å². The van der Waals surface area contributed by atoms with E-state index in [9.17, 15) is 9.59 Å². The predicted octanol–water partition coefficient (Wildman–Crippen LogP) is 0.402. The highest BCUT2D eigenvalue weighted by atomic mass is 16.5. The smallest absolute Gasteiger partial charge is 0.237 e. The van der Waals surface area contributed by atoms with Crippen LogP contribution in [0.25, 0.3) is 0 Å². The topological polar surface area (TPSA) is 96.7 Å². The fourth-order valence-corrected chi connectivity index (χ4v) is 2.66. The molecule has 132 valence electrons. The average molecular weight is 334 g/mol. The van der Waals surface area contributed by atoms with Crippen molar-refractivity contribution in [1.82, 2.24) is 15.6 Å². The van der Waals surface area contributed by atoms with Crippen LogP contribution in [0.3, 0.4) is 0 Å². The Kier molecular flexibility index (Phi) is 6.57.